The summed E-state index contributed by atoms with van der Waals surface area (Å²) in [5.41, 5.74) is 1.13. The number of ketones is 1. The van der Waals surface area contributed by atoms with Gasteiger partial charge >= 0.3 is 0 Å². The minimum atomic E-state index is -1.19. The maximum atomic E-state index is 11.8. The molecular weight excluding hydrogens is 208 g/mol. The van der Waals surface area contributed by atoms with Gasteiger partial charge in [0.1, 0.15) is 5.78 Å². The number of rotatable bonds is 4. The Kier molecular flexibility index (Phi) is 4.21. The van der Waals surface area contributed by atoms with Crippen LogP contribution >= 0.6 is 0 Å². The highest BCUT2D eigenvalue weighted by Crippen LogP contribution is 2.09. The molecule has 0 spiro atoms. The zero-order valence-corrected chi connectivity index (χ0v) is 10.1. The minimum absolute atomic E-state index is 0.0422. The molecule has 2 nitrogen and oxygen atoms in total. The van der Waals surface area contributed by atoms with E-state index in [0.717, 1.165) is 10.5 Å². The smallest absolute Gasteiger partial charge is 0.148 e. The van der Waals surface area contributed by atoms with Crippen LogP contribution in [0.25, 0.3) is 0 Å². The molecule has 0 unspecified atom stereocenters. The third-order valence-electron chi connectivity index (χ3n) is 2.20. The van der Waals surface area contributed by atoms with Crippen LogP contribution in [0.2, 0.25) is 0 Å². The maximum Gasteiger partial charge on any atom is 0.148 e. The van der Waals surface area contributed by atoms with E-state index < -0.39 is 10.8 Å². The van der Waals surface area contributed by atoms with Crippen molar-refractivity contribution in [3.8, 4) is 0 Å². The molecule has 0 radical (unpaired) electrons. The van der Waals surface area contributed by atoms with Crippen molar-refractivity contribution in [3.05, 3.63) is 29.8 Å². The van der Waals surface area contributed by atoms with Gasteiger partial charge < -0.3 is 0 Å². The van der Waals surface area contributed by atoms with E-state index in [-0.39, 0.29) is 17.5 Å². The molecule has 0 saturated carbocycles. The van der Waals surface area contributed by atoms with E-state index in [9.17, 15) is 9.00 Å². The van der Waals surface area contributed by atoms with Gasteiger partial charge in [-0.05, 0) is 19.1 Å². The van der Waals surface area contributed by atoms with E-state index in [0.29, 0.717) is 0 Å². The third kappa shape index (κ3) is 3.59. The molecule has 3 heteroatoms. The summed E-state index contributed by atoms with van der Waals surface area (Å²) in [5, 5.41) is 0. The first kappa shape index (κ1) is 12.1. The summed E-state index contributed by atoms with van der Waals surface area (Å²) < 4.78 is 11.8. The molecule has 0 saturated heterocycles. The van der Waals surface area contributed by atoms with Gasteiger partial charge in [0.25, 0.3) is 0 Å². The Morgan fingerprint density at radius 2 is 1.80 bits per heavy atom. The molecule has 15 heavy (non-hydrogen) atoms. The Morgan fingerprint density at radius 3 is 2.27 bits per heavy atom. The molecule has 0 aliphatic heterocycles. The van der Waals surface area contributed by atoms with E-state index >= 15 is 0 Å². The Bertz CT molecular complexity index is 366. The highest BCUT2D eigenvalue weighted by molar-refractivity contribution is 7.85. The molecular formula is C12H16O2S. The lowest BCUT2D eigenvalue weighted by molar-refractivity contribution is -0.119. The Hall–Kier alpha value is -0.960. The molecule has 0 bridgehead atoms. The van der Waals surface area contributed by atoms with Crippen molar-refractivity contribution in [2.24, 2.45) is 5.92 Å². The van der Waals surface area contributed by atoms with E-state index in [1.807, 2.05) is 45.0 Å². The first-order valence-corrected chi connectivity index (χ1v) is 6.30. The van der Waals surface area contributed by atoms with Crippen molar-refractivity contribution in [2.45, 2.75) is 25.7 Å². The lowest BCUT2D eigenvalue weighted by Gasteiger charge is -2.04. The summed E-state index contributed by atoms with van der Waals surface area (Å²) in [6, 6.07) is 7.46. The first-order valence-electron chi connectivity index (χ1n) is 4.98. The van der Waals surface area contributed by atoms with E-state index in [1.54, 1.807) is 0 Å². The number of carbonyl (C=O) groups is 1. The molecule has 0 aliphatic carbocycles. The van der Waals surface area contributed by atoms with Crippen LogP contribution in [0.1, 0.15) is 19.4 Å². The molecule has 1 rings (SSSR count). The van der Waals surface area contributed by atoms with Gasteiger partial charge in [-0.25, -0.2) is 0 Å². The van der Waals surface area contributed by atoms with Crippen LogP contribution in [0.4, 0.5) is 0 Å². The lowest BCUT2D eigenvalue weighted by atomic mass is 10.1. The largest absolute Gasteiger partial charge is 0.298 e. The van der Waals surface area contributed by atoms with Crippen LogP contribution in [0.3, 0.4) is 0 Å². The van der Waals surface area contributed by atoms with Crippen molar-refractivity contribution in [2.75, 3.05) is 5.75 Å². The molecule has 0 aliphatic rings. The lowest BCUT2D eigenvalue weighted by Crippen LogP contribution is -2.16. The molecule has 0 aromatic heterocycles. The summed E-state index contributed by atoms with van der Waals surface area (Å²) in [6.07, 6.45) is 0. The average Bonchev–Trinajstić information content (AvgIpc) is 2.18. The average molecular weight is 224 g/mol. The Morgan fingerprint density at radius 1 is 1.27 bits per heavy atom. The molecule has 1 aromatic rings. The summed E-state index contributed by atoms with van der Waals surface area (Å²) in [5.74, 6) is 0.133. The number of aryl methyl sites for hydroxylation is 1. The van der Waals surface area contributed by atoms with E-state index in [4.69, 9.17) is 0 Å². The van der Waals surface area contributed by atoms with Gasteiger partial charge in [-0.15, -0.1) is 0 Å². The molecule has 0 amide bonds. The van der Waals surface area contributed by atoms with Crippen molar-refractivity contribution in [1.82, 2.24) is 0 Å². The van der Waals surface area contributed by atoms with Gasteiger partial charge in [-0.3, -0.25) is 9.00 Å². The van der Waals surface area contributed by atoms with Crippen LogP contribution in [0.5, 0.6) is 0 Å². The van der Waals surface area contributed by atoms with Gasteiger partial charge in [0.2, 0.25) is 0 Å². The highest BCUT2D eigenvalue weighted by atomic mass is 32.2. The fourth-order valence-corrected chi connectivity index (χ4v) is 2.27. The SMILES string of the molecule is Cc1ccc([S@](=O)CC(=O)C(C)C)cc1. The summed E-state index contributed by atoms with van der Waals surface area (Å²) in [4.78, 5) is 12.1. The van der Waals surface area contributed by atoms with Crippen LogP contribution in [-0.4, -0.2) is 15.7 Å². The standard InChI is InChI=1S/C12H16O2S/c1-9(2)12(13)8-15(14)11-6-4-10(3)5-7-11/h4-7,9H,8H2,1-3H3/t15-/m1/s1. The summed E-state index contributed by atoms with van der Waals surface area (Å²) in [6.45, 7) is 5.63. The van der Waals surface area contributed by atoms with Gasteiger partial charge in [-0.2, -0.15) is 0 Å². The van der Waals surface area contributed by atoms with Crippen molar-refractivity contribution < 1.29 is 9.00 Å². The molecule has 1 atom stereocenters. The maximum absolute atomic E-state index is 11.8. The first-order chi connectivity index (χ1) is 7.00. The molecule has 0 heterocycles. The zero-order chi connectivity index (χ0) is 11.4. The number of hydrogen-bond acceptors (Lipinski definition) is 2. The van der Waals surface area contributed by atoms with E-state index in [2.05, 4.69) is 0 Å². The van der Waals surface area contributed by atoms with Crippen molar-refractivity contribution >= 4 is 16.6 Å². The highest BCUT2D eigenvalue weighted by Gasteiger charge is 2.12. The number of hydrogen-bond donors (Lipinski definition) is 0. The normalized spacial score (nSPS) is 12.8. The van der Waals surface area contributed by atoms with Gasteiger partial charge in [0.05, 0.1) is 16.6 Å². The predicted molar refractivity (Wildman–Crippen MR) is 62.3 cm³/mol. The fraction of sp³-hybridized carbons (Fsp3) is 0.417. The zero-order valence-electron chi connectivity index (χ0n) is 9.32. The van der Waals surface area contributed by atoms with Gasteiger partial charge in [0.15, 0.2) is 0 Å². The molecule has 0 N–H and O–H groups in total. The second-order valence-corrected chi connectivity index (χ2v) is 5.38. The minimum Gasteiger partial charge on any atom is -0.298 e. The number of Topliss-reactive ketones (excluding diaryl/α,β-unsaturated/α-hetero) is 1. The quantitative estimate of drug-likeness (QED) is 0.786. The van der Waals surface area contributed by atoms with Crippen molar-refractivity contribution in [1.29, 1.82) is 0 Å². The number of carbonyl (C=O) groups excluding carboxylic acids is 1. The summed E-state index contributed by atoms with van der Waals surface area (Å²) in [7, 11) is -1.19. The molecule has 82 valence electrons. The summed E-state index contributed by atoms with van der Waals surface area (Å²) >= 11 is 0. The monoisotopic (exact) mass is 224 g/mol. The van der Waals surface area contributed by atoms with Crippen molar-refractivity contribution in [3.63, 3.8) is 0 Å². The molecule has 1 aromatic carbocycles. The Labute approximate surface area is 93.2 Å². The number of benzene rings is 1. The predicted octanol–water partition coefficient (Wildman–Crippen LogP) is 2.33. The molecule has 0 fully saturated rings. The van der Waals surface area contributed by atoms with Crippen LogP contribution in [0.15, 0.2) is 29.2 Å². The van der Waals surface area contributed by atoms with E-state index in [1.165, 1.54) is 0 Å². The van der Waals surface area contributed by atoms with Gasteiger partial charge in [0, 0.05) is 10.8 Å². The topological polar surface area (TPSA) is 34.1 Å². The second-order valence-electron chi connectivity index (χ2n) is 3.92. The van der Waals surface area contributed by atoms with Gasteiger partial charge in [-0.1, -0.05) is 31.5 Å². The van der Waals surface area contributed by atoms with Crippen LogP contribution < -0.4 is 0 Å². The third-order valence-corrected chi connectivity index (χ3v) is 3.55. The van der Waals surface area contributed by atoms with Crippen LogP contribution in [0, 0.1) is 12.8 Å². The fourth-order valence-electron chi connectivity index (χ4n) is 1.07. The van der Waals surface area contributed by atoms with Crippen LogP contribution in [-0.2, 0) is 15.6 Å². The Balaban J connectivity index is 2.69. The second kappa shape index (κ2) is 5.21.